The molecule has 3 saturated carbocycles. The quantitative estimate of drug-likeness (QED) is 0.492. The Kier molecular flexibility index (Phi) is 7.35. The molecule has 8 nitrogen and oxygen atoms in total. The minimum absolute atomic E-state index is 0.0345. The summed E-state index contributed by atoms with van der Waals surface area (Å²) in [6.07, 6.45) is 7.60. The van der Waals surface area contributed by atoms with Crippen LogP contribution in [0.3, 0.4) is 0 Å². The van der Waals surface area contributed by atoms with E-state index in [0.29, 0.717) is 30.6 Å². The van der Waals surface area contributed by atoms with Gasteiger partial charge in [-0.2, -0.15) is 0 Å². The zero-order valence-electron chi connectivity index (χ0n) is 23.0. The molecule has 38 heavy (non-hydrogen) atoms. The molecule has 0 radical (unpaired) electrons. The average molecular weight is 518 g/mol. The van der Waals surface area contributed by atoms with Crippen molar-refractivity contribution in [1.82, 2.24) is 20.6 Å². The number of amides is 2. The second kappa shape index (κ2) is 10.4. The molecule has 1 saturated heterocycles. The molecule has 2 aromatic rings. The molecule has 3 aliphatic carbocycles. The van der Waals surface area contributed by atoms with Gasteiger partial charge in [0, 0.05) is 18.8 Å². The third-order valence-corrected chi connectivity index (χ3v) is 9.05. The molecule has 2 N–H and O–H groups in total. The van der Waals surface area contributed by atoms with Gasteiger partial charge in [-0.25, -0.2) is 4.98 Å². The fourth-order valence-electron chi connectivity index (χ4n) is 6.81. The van der Waals surface area contributed by atoms with Crippen molar-refractivity contribution in [3.05, 3.63) is 60.2 Å². The lowest BCUT2D eigenvalue weighted by Gasteiger charge is -2.64. The van der Waals surface area contributed by atoms with Crippen LogP contribution in [0, 0.1) is 23.2 Å². The summed E-state index contributed by atoms with van der Waals surface area (Å²) in [7, 11) is -0.528. The van der Waals surface area contributed by atoms with Crippen LogP contribution in [-0.2, 0) is 20.5 Å². The lowest BCUT2D eigenvalue weighted by atomic mass is 9.43. The van der Waals surface area contributed by atoms with Crippen molar-refractivity contribution in [2.75, 3.05) is 0 Å². The fraction of sp³-hybridized carbons (Fsp3) is 0.586. The van der Waals surface area contributed by atoms with E-state index in [-0.39, 0.29) is 34.7 Å². The van der Waals surface area contributed by atoms with Crippen LogP contribution in [0.25, 0.3) is 0 Å². The van der Waals surface area contributed by atoms with Crippen LogP contribution < -0.4 is 10.6 Å². The van der Waals surface area contributed by atoms with Gasteiger partial charge >= 0.3 is 7.12 Å². The topological polar surface area (TPSA) is 102 Å². The van der Waals surface area contributed by atoms with E-state index < -0.39 is 19.1 Å². The predicted octanol–water partition coefficient (Wildman–Crippen LogP) is 3.62. The number of hydrogen-bond donors (Lipinski definition) is 2. The molecule has 1 aromatic heterocycles. The lowest BCUT2D eigenvalue weighted by Crippen LogP contribution is -2.65. The fourth-order valence-corrected chi connectivity index (χ4v) is 6.81. The van der Waals surface area contributed by atoms with Crippen LogP contribution in [0.15, 0.2) is 48.9 Å². The number of benzene rings is 1. The van der Waals surface area contributed by atoms with Crippen LogP contribution >= 0.6 is 0 Å². The van der Waals surface area contributed by atoms with Crippen molar-refractivity contribution in [1.29, 1.82) is 0 Å². The lowest BCUT2D eigenvalue weighted by molar-refractivity contribution is -0.199. The molecule has 2 heterocycles. The number of carbonyl (C=O) groups is 2. The molecule has 4 aliphatic rings. The van der Waals surface area contributed by atoms with Gasteiger partial charge in [0.1, 0.15) is 11.7 Å². The smallest absolute Gasteiger partial charge is 0.404 e. The summed E-state index contributed by atoms with van der Waals surface area (Å²) in [5, 5.41) is 6.08. The molecule has 6 rings (SSSR count). The Morgan fingerprint density at radius 2 is 1.87 bits per heavy atom. The van der Waals surface area contributed by atoms with E-state index in [2.05, 4.69) is 55.2 Å². The van der Waals surface area contributed by atoms with Gasteiger partial charge < -0.3 is 19.9 Å². The number of hydrogen-bond acceptors (Lipinski definition) is 6. The molecule has 2 amide bonds. The Balaban J connectivity index is 1.34. The maximum Gasteiger partial charge on any atom is 0.481 e. The summed E-state index contributed by atoms with van der Waals surface area (Å²) < 4.78 is 13.2. The van der Waals surface area contributed by atoms with Crippen molar-refractivity contribution in [3.63, 3.8) is 0 Å². The highest BCUT2D eigenvalue weighted by atomic mass is 16.7. The summed E-state index contributed by atoms with van der Waals surface area (Å²) in [5.74, 6) is 0.359. The van der Waals surface area contributed by atoms with Gasteiger partial charge in [0.25, 0.3) is 5.91 Å². The van der Waals surface area contributed by atoms with Gasteiger partial charge in [-0.3, -0.25) is 14.6 Å². The maximum absolute atomic E-state index is 13.8. The highest BCUT2D eigenvalue weighted by Gasteiger charge is 2.68. The van der Waals surface area contributed by atoms with E-state index >= 15 is 0 Å². The third kappa shape index (κ3) is 5.10. The molecule has 0 spiro atoms. The van der Waals surface area contributed by atoms with Gasteiger partial charge in [0.15, 0.2) is 0 Å². The van der Waals surface area contributed by atoms with E-state index in [4.69, 9.17) is 9.31 Å². The Bertz CT molecular complexity index is 1150. The minimum Gasteiger partial charge on any atom is -0.404 e. The highest BCUT2D eigenvalue weighted by molar-refractivity contribution is 6.48. The zero-order chi connectivity index (χ0) is 27.1. The molecule has 4 fully saturated rings. The Labute approximate surface area is 225 Å². The summed E-state index contributed by atoms with van der Waals surface area (Å²) in [4.78, 5) is 34.8. The van der Waals surface area contributed by atoms with Gasteiger partial charge in [0.05, 0.1) is 23.8 Å². The molecule has 1 aromatic carbocycles. The van der Waals surface area contributed by atoms with Gasteiger partial charge in [-0.15, -0.1) is 0 Å². The van der Waals surface area contributed by atoms with Crippen LogP contribution in [0.1, 0.15) is 69.9 Å². The first-order valence-corrected chi connectivity index (χ1v) is 13.8. The first-order chi connectivity index (χ1) is 18.1. The Morgan fingerprint density at radius 3 is 2.53 bits per heavy atom. The molecule has 1 aliphatic heterocycles. The van der Waals surface area contributed by atoms with E-state index in [9.17, 15) is 9.59 Å². The second-order valence-corrected chi connectivity index (χ2v) is 12.4. The first kappa shape index (κ1) is 26.8. The van der Waals surface area contributed by atoms with Gasteiger partial charge in [-0.1, -0.05) is 58.0 Å². The number of rotatable bonds is 9. The molecule has 6 atom stereocenters. The minimum atomic E-state index is -0.799. The van der Waals surface area contributed by atoms with Crippen LogP contribution in [0.4, 0.5) is 0 Å². The molecule has 202 valence electrons. The van der Waals surface area contributed by atoms with Crippen LogP contribution in [0.2, 0.25) is 0 Å². The van der Waals surface area contributed by atoms with E-state index in [1.165, 1.54) is 25.0 Å². The summed E-state index contributed by atoms with van der Waals surface area (Å²) in [5.41, 5.74) is 0.998. The number of aromatic nitrogens is 2. The van der Waals surface area contributed by atoms with E-state index in [1.54, 1.807) is 0 Å². The second-order valence-electron chi connectivity index (χ2n) is 12.4. The van der Waals surface area contributed by atoms with Crippen molar-refractivity contribution in [2.24, 2.45) is 23.2 Å². The SMILES string of the molecule is CC(C)CC(NC(=O)[C@H](Cc1ccccc1)NC(=O)c1cnccn1)B1O[C@@H]2C[C@@H]3C[C@@H](C3(C)C)[C@]2(C)O1. The van der Waals surface area contributed by atoms with E-state index in [0.717, 1.165) is 12.0 Å². The van der Waals surface area contributed by atoms with Crippen molar-refractivity contribution in [3.8, 4) is 0 Å². The monoisotopic (exact) mass is 518 g/mol. The molecule has 1 unspecified atom stereocenters. The Hall–Kier alpha value is -2.78. The summed E-state index contributed by atoms with van der Waals surface area (Å²) in [6, 6.07) is 8.87. The molecule has 9 heteroatoms. The average Bonchev–Trinajstić information content (AvgIpc) is 3.26. The number of nitrogens with zero attached hydrogens (tertiary/aromatic N) is 2. The van der Waals surface area contributed by atoms with Gasteiger partial charge in [-0.05, 0) is 54.9 Å². The number of nitrogens with one attached hydrogen (secondary N) is 2. The summed E-state index contributed by atoms with van der Waals surface area (Å²) >= 11 is 0. The zero-order valence-corrected chi connectivity index (χ0v) is 23.0. The van der Waals surface area contributed by atoms with Gasteiger partial charge in [0.2, 0.25) is 5.91 Å². The predicted molar refractivity (Wildman–Crippen MR) is 145 cm³/mol. The van der Waals surface area contributed by atoms with Crippen LogP contribution in [-0.4, -0.2) is 52.6 Å². The molecular formula is C29H39BN4O4. The first-order valence-electron chi connectivity index (χ1n) is 13.8. The van der Waals surface area contributed by atoms with Crippen molar-refractivity contribution in [2.45, 2.75) is 84.0 Å². The van der Waals surface area contributed by atoms with Crippen LogP contribution in [0.5, 0.6) is 0 Å². The third-order valence-electron chi connectivity index (χ3n) is 9.05. The number of carbonyl (C=O) groups excluding carboxylic acids is 2. The largest absolute Gasteiger partial charge is 0.481 e. The maximum atomic E-state index is 13.8. The summed E-state index contributed by atoms with van der Waals surface area (Å²) in [6.45, 7) is 11.1. The highest BCUT2D eigenvalue weighted by Crippen LogP contribution is 2.65. The standard InChI is InChI=1S/C29H39BN4O4/c1-18(2)13-25(30-37-24-16-20-15-23(28(20,3)4)29(24,5)38-30)34-26(35)21(14-19-9-7-6-8-10-19)33-27(36)22-17-31-11-12-32-22/h6-12,17-18,20-21,23-25H,13-16H2,1-5H3,(H,33,36)(H,34,35)/t20-,21-,23-,24+,25?,29-/m0/s1. The van der Waals surface area contributed by atoms with Crippen molar-refractivity contribution >= 4 is 18.9 Å². The normalized spacial score (nSPS) is 28.7. The molecule has 2 bridgehead atoms. The van der Waals surface area contributed by atoms with Crippen molar-refractivity contribution < 1.29 is 18.9 Å². The Morgan fingerprint density at radius 1 is 1.11 bits per heavy atom. The molecular weight excluding hydrogens is 479 g/mol. The van der Waals surface area contributed by atoms with E-state index in [1.807, 2.05) is 30.3 Å².